The molecule has 0 heterocycles. The van der Waals surface area contributed by atoms with Crippen LogP contribution >= 0.6 is 11.6 Å². The highest BCUT2D eigenvalue weighted by atomic mass is 35.5. The number of esters is 1. The molecule has 0 saturated heterocycles. The number of nitrogens with one attached hydrogen (secondary N) is 2. The lowest BCUT2D eigenvalue weighted by Gasteiger charge is -2.09. The van der Waals surface area contributed by atoms with Crippen molar-refractivity contribution < 1.29 is 27.9 Å². The third-order valence-corrected chi connectivity index (χ3v) is 3.48. The lowest BCUT2D eigenvalue weighted by Crippen LogP contribution is -2.37. The zero-order valence-corrected chi connectivity index (χ0v) is 14.0. The SMILES string of the molecule is O=C(COC(=O)Cc1c(F)cccc1Cl)NC(=O)Nc1ccccc1F. The van der Waals surface area contributed by atoms with Crippen LogP contribution in [0.25, 0.3) is 0 Å². The first-order valence-corrected chi connectivity index (χ1v) is 7.68. The number of amides is 3. The number of benzene rings is 2. The van der Waals surface area contributed by atoms with E-state index in [0.717, 1.165) is 12.1 Å². The molecule has 2 N–H and O–H groups in total. The van der Waals surface area contributed by atoms with Crippen LogP contribution in [0.15, 0.2) is 42.5 Å². The van der Waals surface area contributed by atoms with E-state index in [2.05, 4.69) is 10.1 Å². The number of halogens is 3. The summed E-state index contributed by atoms with van der Waals surface area (Å²) in [5.41, 5.74) is -0.180. The molecule has 6 nitrogen and oxygen atoms in total. The zero-order chi connectivity index (χ0) is 19.1. The summed E-state index contributed by atoms with van der Waals surface area (Å²) < 4.78 is 31.6. The van der Waals surface area contributed by atoms with E-state index in [1.165, 1.54) is 30.3 Å². The summed E-state index contributed by atoms with van der Waals surface area (Å²) in [6, 6.07) is 8.30. The number of hydrogen-bond acceptors (Lipinski definition) is 4. The molecule has 0 unspecified atom stereocenters. The molecule has 0 aliphatic rings. The number of anilines is 1. The number of para-hydroxylation sites is 1. The summed E-state index contributed by atoms with van der Waals surface area (Å²) in [5, 5.41) is 4.05. The van der Waals surface area contributed by atoms with E-state index in [9.17, 15) is 23.2 Å². The minimum atomic E-state index is -0.992. The number of carbonyl (C=O) groups is 3. The Morgan fingerprint density at radius 1 is 1.00 bits per heavy atom. The quantitative estimate of drug-likeness (QED) is 0.778. The van der Waals surface area contributed by atoms with Crippen molar-refractivity contribution >= 4 is 35.2 Å². The van der Waals surface area contributed by atoms with E-state index < -0.39 is 42.6 Å². The second kappa shape index (κ2) is 8.91. The molecule has 0 saturated carbocycles. The second-order valence-corrected chi connectivity index (χ2v) is 5.43. The van der Waals surface area contributed by atoms with E-state index in [-0.39, 0.29) is 16.3 Å². The Morgan fingerprint density at radius 3 is 2.38 bits per heavy atom. The van der Waals surface area contributed by atoms with Gasteiger partial charge in [0.25, 0.3) is 5.91 Å². The fourth-order valence-corrected chi connectivity index (χ4v) is 2.15. The number of urea groups is 1. The van der Waals surface area contributed by atoms with Gasteiger partial charge < -0.3 is 10.1 Å². The van der Waals surface area contributed by atoms with Crippen molar-refractivity contribution in [2.45, 2.75) is 6.42 Å². The van der Waals surface area contributed by atoms with Crippen molar-refractivity contribution in [1.82, 2.24) is 5.32 Å². The highest BCUT2D eigenvalue weighted by molar-refractivity contribution is 6.31. The summed E-state index contributed by atoms with van der Waals surface area (Å²) in [5.74, 6) is -3.19. The molecule has 0 aliphatic carbocycles. The summed E-state index contributed by atoms with van der Waals surface area (Å²) >= 11 is 5.78. The van der Waals surface area contributed by atoms with Gasteiger partial charge in [0.15, 0.2) is 6.61 Å². The molecule has 2 aromatic rings. The molecule has 0 atom stereocenters. The molecule has 26 heavy (non-hydrogen) atoms. The first kappa shape index (κ1) is 19.3. The van der Waals surface area contributed by atoms with Crippen molar-refractivity contribution in [2.75, 3.05) is 11.9 Å². The zero-order valence-electron chi connectivity index (χ0n) is 13.2. The molecule has 0 radical (unpaired) electrons. The molecule has 136 valence electrons. The standard InChI is InChI=1S/C17H13ClF2N2O4/c18-11-4-3-6-12(19)10(11)8-16(24)26-9-15(23)22-17(25)21-14-7-2-1-5-13(14)20/h1-7H,8-9H2,(H2,21,22,23,25). The van der Waals surface area contributed by atoms with Crippen LogP contribution in [0.2, 0.25) is 5.02 Å². The average molecular weight is 383 g/mol. The first-order chi connectivity index (χ1) is 12.4. The van der Waals surface area contributed by atoms with Crippen molar-refractivity contribution in [3.05, 3.63) is 64.7 Å². The van der Waals surface area contributed by atoms with Gasteiger partial charge in [0, 0.05) is 10.6 Å². The first-order valence-electron chi connectivity index (χ1n) is 7.30. The van der Waals surface area contributed by atoms with Gasteiger partial charge in [0.1, 0.15) is 11.6 Å². The van der Waals surface area contributed by atoms with Crippen molar-refractivity contribution in [2.24, 2.45) is 0 Å². The molecule has 0 aliphatic heterocycles. The van der Waals surface area contributed by atoms with Crippen LogP contribution in [0.3, 0.4) is 0 Å². The van der Waals surface area contributed by atoms with E-state index in [0.29, 0.717) is 0 Å². The predicted octanol–water partition coefficient (Wildman–Crippen LogP) is 3.05. The van der Waals surface area contributed by atoms with Crippen LogP contribution in [0, 0.1) is 11.6 Å². The number of ether oxygens (including phenoxy) is 1. The van der Waals surface area contributed by atoms with E-state index in [4.69, 9.17) is 11.6 Å². The van der Waals surface area contributed by atoms with Gasteiger partial charge in [-0.15, -0.1) is 0 Å². The Labute approximate surface area is 152 Å². The van der Waals surface area contributed by atoms with E-state index in [1.807, 2.05) is 5.32 Å². The van der Waals surface area contributed by atoms with Crippen LogP contribution in [-0.2, 0) is 20.7 Å². The number of rotatable bonds is 5. The molecule has 0 fully saturated rings. The molecule has 0 aromatic heterocycles. The highest BCUT2D eigenvalue weighted by Crippen LogP contribution is 2.19. The molecule has 9 heteroatoms. The van der Waals surface area contributed by atoms with Crippen LogP contribution in [0.1, 0.15) is 5.56 Å². The molecule has 2 aromatic carbocycles. The van der Waals surface area contributed by atoms with Crippen LogP contribution in [0.4, 0.5) is 19.3 Å². The van der Waals surface area contributed by atoms with Gasteiger partial charge in [-0.2, -0.15) is 0 Å². The third kappa shape index (κ3) is 5.52. The number of imide groups is 1. The Morgan fingerprint density at radius 2 is 1.69 bits per heavy atom. The Hall–Kier alpha value is -3.00. The van der Waals surface area contributed by atoms with Gasteiger partial charge in [-0.3, -0.25) is 14.9 Å². The maximum atomic E-state index is 13.6. The van der Waals surface area contributed by atoms with E-state index >= 15 is 0 Å². The largest absolute Gasteiger partial charge is 0.455 e. The highest BCUT2D eigenvalue weighted by Gasteiger charge is 2.15. The van der Waals surface area contributed by atoms with Gasteiger partial charge >= 0.3 is 12.0 Å². The van der Waals surface area contributed by atoms with Gasteiger partial charge in [0.2, 0.25) is 0 Å². The minimum absolute atomic E-state index is 0.0515. The Kier molecular flexibility index (Phi) is 6.62. The maximum absolute atomic E-state index is 13.6. The molecular formula is C17H13ClF2N2O4. The predicted molar refractivity (Wildman–Crippen MR) is 89.6 cm³/mol. The van der Waals surface area contributed by atoms with Crippen molar-refractivity contribution in [3.63, 3.8) is 0 Å². The Bertz CT molecular complexity index is 825. The normalized spacial score (nSPS) is 10.1. The average Bonchev–Trinajstić information content (AvgIpc) is 2.58. The minimum Gasteiger partial charge on any atom is -0.455 e. The van der Waals surface area contributed by atoms with Crippen molar-refractivity contribution in [3.8, 4) is 0 Å². The third-order valence-electron chi connectivity index (χ3n) is 3.12. The molecule has 0 bridgehead atoms. The molecule has 2 rings (SSSR count). The monoisotopic (exact) mass is 382 g/mol. The maximum Gasteiger partial charge on any atom is 0.326 e. The fraction of sp³-hybridized carbons (Fsp3) is 0.118. The molecule has 0 spiro atoms. The summed E-state index contributed by atoms with van der Waals surface area (Å²) in [6.45, 7) is -0.768. The van der Waals surface area contributed by atoms with Gasteiger partial charge in [-0.1, -0.05) is 29.8 Å². The molecular weight excluding hydrogens is 370 g/mol. The van der Waals surface area contributed by atoms with Crippen LogP contribution < -0.4 is 10.6 Å². The molecule has 3 amide bonds. The number of carbonyl (C=O) groups excluding carboxylic acids is 3. The van der Waals surface area contributed by atoms with Gasteiger partial charge in [-0.25, -0.2) is 13.6 Å². The van der Waals surface area contributed by atoms with Gasteiger partial charge in [0.05, 0.1) is 12.1 Å². The van der Waals surface area contributed by atoms with Crippen LogP contribution in [-0.4, -0.2) is 24.5 Å². The Balaban J connectivity index is 1.80. The summed E-state index contributed by atoms with van der Waals surface area (Å²) in [7, 11) is 0. The van der Waals surface area contributed by atoms with E-state index in [1.54, 1.807) is 0 Å². The lowest BCUT2D eigenvalue weighted by atomic mass is 10.1. The van der Waals surface area contributed by atoms with Crippen molar-refractivity contribution in [1.29, 1.82) is 0 Å². The van der Waals surface area contributed by atoms with Gasteiger partial charge in [-0.05, 0) is 24.3 Å². The fourth-order valence-electron chi connectivity index (χ4n) is 1.92. The topological polar surface area (TPSA) is 84.5 Å². The summed E-state index contributed by atoms with van der Waals surface area (Å²) in [6.07, 6.45) is -0.472. The summed E-state index contributed by atoms with van der Waals surface area (Å²) in [4.78, 5) is 34.8. The second-order valence-electron chi connectivity index (χ2n) is 5.02. The number of hydrogen-bond donors (Lipinski definition) is 2. The van der Waals surface area contributed by atoms with Crippen LogP contribution in [0.5, 0.6) is 0 Å². The smallest absolute Gasteiger partial charge is 0.326 e. The lowest BCUT2D eigenvalue weighted by molar-refractivity contribution is -0.147.